The molecule has 2 amide bonds. The van der Waals surface area contributed by atoms with Crippen molar-refractivity contribution in [2.75, 3.05) is 33.3 Å². The van der Waals surface area contributed by atoms with Gasteiger partial charge in [-0.25, -0.2) is 4.98 Å². The Morgan fingerprint density at radius 3 is 2.73 bits per heavy atom. The Kier molecular flexibility index (Phi) is 6.38. The molecule has 1 aliphatic heterocycles. The number of nitrogens with zero attached hydrogens (tertiary/aromatic N) is 5. The summed E-state index contributed by atoms with van der Waals surface area (Å²) in [4.78, 5) is 45.6. The molecular weight excluding hydrogens is 386 g/mol. The Hall–Kier alpha value is -2.97. The minimum atomic E-state index is -0.302. The van der Waals surface area contributed by atoms with Crippen LogP contribution in [0, 0.1) is 19.8 Å². The predicted octanol–water partition coefficient (Wildman–Crippen LogP) is 1.46. The lowest BCUT2D eigenvalue weighted by Gasteiger charge is -2.32. The Morgan fingerprint density at radius 2 is 2.03 bits per heavy atom. The van der Waals surface area contributed by atoms with Crippen LogP contribution in [0.4, 0.5) is 0 Å². The fourth-order valence-corrected chi connectivity index (χ4v) is 3.98. The van der Waals surface area contributed by atoms with Gasteiger partial charge in [-0.15, -0.1) is 0 Å². The van der Waals surface area contributed by atoms with Crippen molar-refractivity contribution in [3.8, 4) is 0 Å². The molecule has 0 bridgehead atoms. The van der Waals surface area contributed by atoms with E-state index in [0.29, 0.717) is 48.4 Å². The molecule has 162 valence electrons. The molecule has 1 aliphatic rings. The average Bonchev–Trinajstić information content (AvgIpc) is 3.00. The van der Waals surface area contributed by atoms with E-state index in [-0.39, 0.29) is 30.2 Å². The maximum atomic E-state index is 13.2. The van der Waals surface area contributed by atoms with Gasteiger partial charge in [0.05, 0.1) is 35.7 Å². The first-order valence-corrected chi connectivity index (χ1v) is 10.2. The maximum absolute atomic E-state index is 13.2. The van der Waals surface area contributed by atoms with Gasteiger partial charge in [-0.3, -0.25) is 19.1 Å². The Bertz CT molecular complexity index is 983. The van der Waals surface area contributed by atoms with Gasteiger partial charge in [0.1, 0.15) is 0 Å². The Morgan fingerprint density at radius 1 is 1.30 bits per heavy atom. The summed E-state index contributed by atoms with van der Waals surface area (Å²) in [6.45, 7) is 6.62. The number of ether oxygens (including phenoxy) is 1. The molecule has 30 heavy (non-hydrogen) atoms. The molecule has 0 radical (unpaired) electrons. The van der Waals surface area contributed by atoms with Gasteiger partial charge in [0.15, 0.2) is 5.65 Å². The third kappa shape index (κ3) is 4.29. The summed E-state index contributed by atoms with van der Waals surface area (Å²) in [6.07, 6.45) is 1.46. The maximum Gasteiger partial charge on any atom is 0.310 e. The van der Waals surface area contributed by atoms with Gasteiger partial charge in [0.25, 0.3) is 5.91 Å². The highest BCUT2D eigenvalue weighted by molar-refractivity contribution is 6.07. The molecule has 1 fully saturated rings. The zero-order valence-corrected chi connectivity index (χ0v) is 18.3. The van der Waals surface area contributed by atoms with Crippen molar-refractivity contribution in [2.45, 2.75) is 33.6 Å². The van der Waals surface area contributed by atoms with Gasteiger partial charge < -0.3 is 14.5 Å². The summed E-state index contributed by atoms with van der Waals surface area (Å²) in [5, 5.41) is 5.07. The third-order valence-corrected chi connectivity index (χ3v) is 5.44. The molecule has 1 unspecified atom stereocenters. The van der Waals surface area contributed by atoms with Crippen molar-refractivity contribution < 1.29 is 19.1 Å². The number of hydrogen-bond acceptors (Lipinski definition) is 6. The zero-order chi connectivity index (χ0) is 22.0. The van der Waals surface area contributed by atoms with Gasteiger partial charge in [0.2, 0.25) is 5.91 Å². The van der Waals surface area contributed by atoms with Crippen LogP contribution in [0.5, 0.6) is 0 Å². The number of amides is 2. The molecule has 2 aromatic rings. The Labute approximate surface area is 176 Å². The first kappa shape index (κ1) is 21.7. The van der Waals surface area contributed by atoms with Crippen LogP contribution in [0.25, 0.3) is 11.0 Å². The van der Waals surface area contributed by atoms with E-state index in [2.05, 4.69) is 10.1 Å². The van der Waals surface area contributed by atoms with Crippen LogP contribution in [0.2, 0.25) is 0 Å². The van der Waals surface area contributed by atoms with Gasteiger partial charge >= 0.3 is 5.97 Å². The van der Waals surface area contributed by atoms with Crippen molar-refractivity contribution in [2.24, 2.45) is 13.0 Å². The number of fused-ring (bicyclic) bond motifs is 1. The van der Waals surface area contributed by atoms with E-state index in [0.717, 1.165) is 12.1 Å². The topological polar surface area (TPSA) is 97.6 Å². The molecule has 0 N–H and O–H groups in total. The van der Waals surface area contributed by atoms with Crippen LogP contribution in [0.3, 0.4) is 0 Å². The number of aromatic nitrogens is 3. The second kappa shape index (κ2) is 8.81. The first-order valence-electron chi connectivity index (χ1n) is 10.2. The molecule has 0 aromatic carbocycles. The number of likely N-dealkylation sites (N-methyl/N-ethyl adjacent to an activating group) is 1. The van der Waals surface area contributed by atoms with Crippen LogP contribution < -0.4 is 0 Å². The highest BCUT2D eigenvalue weighted by Gasteiger charge is 2.30. The standard InChI is InChI=1S/C21H29N5O4/c1-6-30-21(29)15-8-7-9-26(11-15)17(27)12-24(4)20(28)16-10-13(2)22-19-18(16)14(3)23-25(19)5/h10,15H,6-9,11-12H2,1-5H3. The number of pyridine rings is 1. The van der Waals surface area contributed by atoms with Crippen molar-refractivity contribution in [1.82, 2.24) is 24.6 Å². The first-order chi connectivity index (χ1) is 14.2. The average molecular weight is 415 g/mol. The fraction of sp³-hybridized carbons (Fsp3) is 0.571. The number of hydrogen-bond donors (Lipinski definition) is 0. The van der Waals surface area contributed by atoms with Crippen molar-refractivity contribution in [3.63, 3.8) is 0 Å². The molecule has 3 heterocycles. The summed E-state index contributed by atoms with van der Waals surface area (Å²) >= 11 is 0. The molecule has 9 nitrogen and oxygen atoms in total. The summed E-state index contributed by atoms with van der Waals surface area (Å²) < 4.78 is 6.75. The summed E-state index contributed by atoms with van der Waals surface area (Å²) in [7, 11) is 3.40. The van der Waals surface area contributed by atoms with Gasteiger partial charge in [-0.1, -0.05) is 0 Å². The smallest absolute Gasteiger partial charge is 0.310 e. The van der Waals surface area contributed by atoms with E-state index >= 15 is 0 Å². The predicted molar refractivity (Wildman–Crippen MR) is 111 cm³/mol. The number of carbonyl (C=O) groups excluding carboxylic acids is 3. The monoisotopic (exact) mass is 415 g/mol. The SMILES string of the molecule is CCOC(=O)C1CCCN(C(=O)CN(C)C(=O)c2cc(C)nc3c2c(C)nn3C)C1. The highest BCUT2D eigenvalue weighted by Crippen LogP contribution is 2.23. The molecule has 1 atom stereocenters. The van der Waals surface area contributed by atoms with E-state index in [1.165, 1.54) is 4.90 Å². The number of likely N-dealkylation sites (tertiary alicyclic amines) is 1. The molecule has 2 aromatic heterocycles. The molecule has 1 saturated heterocycles. The second-order valence-corrected chi connectivity index (χ2v) is 7.81. The molecule has 0 aliphatic carbocycles. The third-order valence-electron chi connectivity index (χ3n) is 5.44. The molecule has 0 saturated carbocycles. The van der Waals surface area contributed by atoms with Gasteiger partial charge in [-0.2, -0.15) is 5.10 Å². The Balaban J connectivity index is 1.74. The highest BCUT2D eigenvalue weighted by atomic mass is 16.5. The van der Waals surface area contributed by atoms with E-state index in [1.54, 1.807) is 36.7 Å². The molecule has 9 heteroatoms. The van der Waals surface area contributed by atoms with Crippen LogP contribution in [0.15, 0.2) is 6.07 Å². The number of esters is 1. The quantitative estimate of drug-likeness (QED) is 0.686. The minimum Gasteiger partial charge on any atom is -0.466 e. The summed E-state index contributed by atoms with van der Waals surface area (Å²) in [5.74, 6) is -0.996. The normalized spacial score (nSPS) is 16.6. The second-order valence-electron chi connectivity index (χ2n) is 7.81. The van der Waals surface area contributed by atoms with Crippen molar-refractivity contribution in [3.05, 3.63) is 23.0 Å². The number of rotatable bonds is 5. The van der Waals surface area contributed by atoms with Crippen molar-refractivity contribution in [1.29, 1.82) is 0 Å². The molecule has 3 rings (SSSR count). The molecular formula is C21H29N5O4. The summed E-state index contributed by atoms with van der Waals surface area (Å²) in [5.41, 5.74) is 2.56. The van der Waals surface area contributed by atoms with Crippen LogP contribution in [0.1, 0.15) is 41.5 Å². The van der Waals surface area contributed by atoms with E-state index in [1.807, 2.05) is 13.8 Å². The zero-order valence-electron chi connectivity index (χ0n) is 18.3. The largest absolute Gasteiger partial charge is 0.466 e. The van der Waals surface area contributed by atoms with Crippen LogP contribution >= 0.6 is 0 Å². The molecule has 0 spiro atoms. The number of piperidine rings is 1. The summed E-state index contributed by atoms with van der Waals surface area (Å²) in [6, 6.07) is 1.73. The fourth-order valence-electron chi connectivity index (χ4n) is 3.98. The number of carbonyl (C=O) groups is 3. The lowest BCUT2D eigenvalue weighted by atomic mass is 9.98. The van der Waals surface area contributed by atoms with Gasteiger partial charge in [-0.05, 0) is 39.7 Å². The minimum absolute atomic E-state index is 0.0590. The number of aryl methyl sites for hydroxylation is 3. The van der Waals surface area contributed by atoms with E-state index in [4.69, 9.17) is 4.74 Å². The van der Waals surface area contributed by atoms with E-state index in [9.17, 15) is 14.4 Å². The van der Waals surface area contributed by atoms with Crippen LogP contribution in [-0.2, 0) is 21.4 Å². The van der Waals surface area contributed by atoms with Gasteiger partial charge in [0, 0.05) is 32.9 Å². The van der Waals surface area contributed by atoms with Crippen LogP contribution in [-0.4, -0.2) is 75.6 Å². The van der Waals surface area contributed by atoms with Crippen molar-refractivity contribution >= 4 is 28.8 Å². The lowest BCUT2D eigenvalue weighted by molar-refractivity contribution is -0.151. The van der Waals surface area contributed by atoms with E-state index < -0.39 is 0 Å². The lowest BCUT2D eigenvalue weighted by Crippen LogP contribution is -2.47.